The molecule has 19 heavy (non-hydrogen) atoms. The van der Waals surface area contributed by atoms with Crippen LogP contribution in [0.2, 0.25) is 0 Å². The van der Waals surface area contributed by atoms with Gasteiger partial charge in [0.15, 0.2) is 15.0 Å². The third-order valence-corrected chi connectivity index (χ3v) is 4.10. The number of amides is 1. The molecule has 2 aromatic rings. The minimum Gasteiger partial charge on any atom is -0.375 e. The van der Waals surface area contributed by atoms with Gasteiger partial charge in [-0.2, -0.15) is 0 Å². The maximum Gasteiger partial charge on any atom is 0.275 e. The number of aromatic nitrogens is 1. The lowest BCUT2D eigenvalue weighted by Crippen LogP contribution is -2.12. The molecule has 0 atom stereocenters. The summed E-state index contributed by atoms with van der Waals surface area (Å²) in [7, 11) is -3.24. The molecule has 1 aromatic heterocycles. The van der Waals surface area contributed by atoms with Crippen LogP contribution in [0.1, 0.15) is 10.5 Å². The molecule has 8 heteroatoms. The topological polar surface area (TPSA) is 102 Å². The van der Waals surface area contributed by atoms with Crippen molar-refractivity contribution >= 4 is 37.9 Å². The van der Waals surface area contributed by atoms with Gasteiger partial charge < -0.3 is 11.1 Å². The van der Waals surface area contributed by atoms with Crippen LogP contribution in [-0.4, -0.2) is 25.6 Å². The van der Waals surface area contributed by atoms with Gasteiger partial charge in [0.1, 0.15) is 5.69 Å². The second kappa shape index (κ2) is 4.98. The number of hydrogen-bond acceptors (Lipinski definition) is 6. The van der Waals surface area contributed by atoms with Crippen LogP contribution in [0.3, 0.4) is 0 Å². The number of anilines is 2. The summed E-state index contributed by atoms with van der Waals surface area (Å²) in [6, 6.07) is 5.90. The summed E-state index contributed by atoms with van der Waals surface area (Å²) in [5.74, 6) is -0.389. The molecule has 0 unspecified atom stereocenters. The van der Waals surface area contributed by atoms with E-state index in [1.807, 2.05) is 0 Å². The van der Waals surface area contributed by atoms with Gasteiger partial charge in [-0.15, -0.1) is 11.3 Å². The fourth-order valence-electron chi connectivity index (χ4n) is 1.37. The van der Waals surface area contributed by atoms with Crippen LogP contribution in [0, 0.1) is 0 Å². The van der Waals surface area contributed by atoms with Gasteiger partial charge in [-0.3, -0.25) is 4.79 Å². The number of rotatable bonds is 3. The third kappa shape index (κ3) is 3.30. The Hall–Kier alpha value is -1.93. The van der Waals surface area contributed by atoms with E-state index in [1.165, 1.54) is 35.6 Å². The summed E-state index contributed by atoms with van der Waals surface area (Å²) >= 11 is 1.18. The van der Waals surface area contributed by atoms with Crippen molar-refractivity contribution in [2.24, 2.45) is 0 Å². The van der Waals surface area contributed by atoms with E-state index in [0.717, 1.165) is 6.26 Å². The van der Waals surface area contributed by atoms with Crippen LogP contribution in [0.4, 0.5) is 10.8 Å². The molecule has 0 saturated carbocycles. The smallest absolute Gasteiger partial charge is 0.275 e. The number of thiazole rings is 1. The van der Waals surface area contributed by atoms with Crippen LogP contribution in [0.5, 0.6) is 0 Å². The molecule has 6 nitrogen and oxygen atoms in total. The van der Waals surface area contributed by atoms with Gasteiger partial charge in [-0.1, -0.05) is 0 Å². The highest BCUT2D eigenvalue weighted by molar-refractivity contribution is 7.90. The van der Waals surface area contributed by atoms with Crippen molar-refractivity contribution in [3.8, 4) is 0 Å². The quantitative estimate of drug-likeness (QED) is 0.891. The number of hydrogen-bond donors (Lipinski definition) is 2. The Balaban J connectivity index is 2.14. The fourth-order valence-corrected chi connectivity index (χ4v) is 2.55. The highest BCUT2D eigenvalue weighted by Crippen LogP contribution is 2.16. The molecule has 0 aliphatic heterocycles. The SMILES string of the molecule is CS(=O)(=O)c1ccc(NC(=O)c2csc(N)n2)cc1. The number of sulfone groups is 1. The molecule has 2 rings (SSSR count). The van der Waals surface area contributed by atoms with E-state index in [9.17, 15) is 13.2 Å². The monoisotopic (exact) mass is 297 g/mol. The van der Waals surface area contributed by atoms with Crippen LogP contribution < -0.4 is 11.1 Å². The van der Waals surface area contributed by atoms with E-state index in [4.69, 9.17) is 5.73 Å². The molecule has 0 fully saturated rings. The third-order valence-electron chi connectivity index (χ3n) is 2.29. The van der Waals surface area contributed by atoms with E-state index >= 15 is 0 Å². The maximum absolute atomic E-state index is 11.8. The lowest BCUT2D eigenvalue weighted by Gasteiger charge is -2.04. The predicted molar refractivity (Wildman–Crippen MR) is 74.0 cm³/mol. The maximum atomic E-state index is 11.8. The lowest BCUT2D eigenvalue weighted by atomic mass is 10.3. The first-order chi connectivity index (χ1) is 8.86. The lowest BCUT2D eigenvalue weighted by molar-refractivity contribution is 0.102. The summed E-state index contributed by atoms with van der Waals surface area (Å²) in [5, 5.41) is 4.47. The Kier molecular flexibility index (Phi) is 3.54. The first-order valence-electron chi connectivity index (χ1n) is 5.19. The number of carbonyl (C=O) groups excluding carboxylic acids is 1. The molecule has 0 spiro atoms. The second-order valence-corrected chi connectivity index (χ2v) is 6.73. The number of nitrogens with two attached hydrogens (primary N) is 1. The van der Waals surface area contributed by atoms with E-state index in [0.29, 0.717) is 10.8 Å². The number of nitrogens with zero attached hydrogens (tertiary/aromatic N) is 1. The summed E-state index contributed by atoms with van der Waals surface area (Å²) in [5.41, 5.74) is 6.16. The Bertz CT molecular complexity index is 705. The normalized spacial score (nSPS) is 11.2. The van der Waals surface area contributed by atoms with Crippen LogP contribution in [-0.2, 0) is 9.84 Å². The Labute approximate surface area is 114 Å². The molecular weight excluding hydrogens is 286 g/mol. The highest BCUT2D eigenvalue weighted by Gasteiger charge is 2.11. The highest BCUT2D eigenvalue weighted by atomic mass is 32.2. The summed E-state index contributed by atoms with van der Waals surface area (Å²) in [6.07, 6.45) is 1.12. The molecular formula is C11H11N3O3S2. The predicted octanol–water partition coefficient (Wildman–Crippen LogP) is 1.38. The van der Waals surface area contributed by atoms with Gasteiger partial charge in [0.25, 0.3) is 5.91 Å². The van der Waals surface area contributed by atoms with E-state index in [1.54, 1.807) is 5.38 Å². The standard InChI is InChI=1S/C11H11N3O3S2/c1-19(16,17)8-4-2-7(3-5-8)13-10(15)9-6-18-11(12)14-9/h2-6H,1H3,(H2,12,14)(H,13,15). The first-order valence-corrected chi connectivity index (χ1v) is 7.96. The molecule has 100 valence electrons. The molecule has 0 aliphatic carbocycles. The van der Waals surface area contributed by atoms with Gasteiger partial charge >= 0.3 is 0 Å². The largest absolute Gasteiger partial charge is 0.375 e. The molecule has 0 saturated heterocycles. The van der Waals surface area contributed by atoms with Crippen molar-refractivity contribution in [1.29, 1.82) is 0 Å². The molecule has 3 N–H and O–H groups in total. The number of nitrogens with one attached hydrogen (secondary N) is 1. The van der Waals surface area contributed by atoms with Crippen molar-refractivity contribution in [3.05, 3.63) is 35.3 Å². The van der Waals surface area contributed by atoms with Crippen molar-refractivity contribution in [2.45, 2.75) is 4.90 Å². The van der Waals surface area contributed by atoms with Crippen molar-refractivity contribution in [1.82, 2.24) is 4.98 Å². The van der Waals surface area contributed by atoms with E-state index < -0.39 is 9.84 Å². The van der Waals surface area contributed by atoms with Gasteiger partial charge in [0, 0.05) is 17.3 Å². The summed E-state index contributed by atoms with van der Waals surface area (Å²) in [4.78, 5) is 15.8. The molecule has 0 aliphatic rings. The van der Waals surface area contributed by atoms with E-state index in [-0.39, 0.29) is 16.5 Å². The molecule has 0 bridgehead atoms. The zero-order valence-electron chi connectivity index (χ0n) is 9.95. The average molecular weight is 297 g/mol. The second-order valence-electron chi connectivity index (χ2n) is 3.82. The molecule has 1 amide bonds. The molecule has 1 heterocycles. The van der Waals surface area contributed by atoms with E-state index in [2.05, 4.69) is 10.3 Å². The number of carbonyl (C=O) groups is 1. The molecule has 1 aromatic carbocycles. The Morgan fingerprint density at radius 3 is 2.42 bits per heavy atom. The minimum atomic E-state index is -3.24. The van der Waals surface area contributed by atoms with Gasteiger partial charge in [0.05, 0.1) is 4.90 Å². The van der Waals surface area contributed by atoms with Crippen molar-refractivity contribution in [2.75, 3.05) is 17.3 Å². The summed E-state index contributed by atoms with van der Waals surface area (Å²) < 4.78 is 22.6. The van der Waals surface area contributed by atoms with Gasteiger partial charge in [-0.25, -0.2) is 13.4 Å². The zero-order valence-corrected chi connectivity index (χ0v) is 11.6. The first kappa shape index (κ1) is 13.5. The fraction of sp³-hybridized carbons (Fsp3) is 0.0909. The van der Waals surface area contributed by atoms with Crippen LogP contribution in [0.25, 0.3) is 0 Å². The van der Waals surface area contributed by atoms with Crippen molar-refractivity contribution in [3.63, 3.8) is 0 Å². The zero-order chi connectivity index (χ0) is 14.0. The minimum absolute atomic E-state index is 0.198. The Morgan fingerprint density at radius 2 is 1.95 bits per heavy atom. The Morgan fingerprint density at radius 1 is 1.32 bits per heavy atom. The van der Waals surface area contributed by atoms with Crippen LogP contribution >= 0.6 is 11.3 Å². The number of nitrogen functional groups attached to an aromatic ring is 1. The van der Waals surface area contributed by atoms with Crippen LogP contribution in [0.15, 0.2) is 34.5 Å². The average Bonchev–Trinajstić information content (AvgIpc) is 2.75. The van der Waals surface area contributed by atoms with Gasteiger partial charge in [-0.05, 0) is 24.3 Å². The van der Waals surface area contributed by atoms with Gasteiger partial charge in [0.2, 0.25) is 0 Å². The number of benzene rings is 1. The van der Waals surface area contributed by atoms with Crippen molar-refractivity contribution < 1.29 is 13.2 Å². The molecule has 0 radical (unpaired) electrons. The summed E-state index contributed by atoms with van der Waals surface area (Å²) in [6.45, 7) is 0.